The van der Waals surface area contributed by atoms with Crippen molar-refractivity contribution >= 4 is 17.0 Å². The summed E-state index contributed by atoms with van der Waals surface area (Å²) in [5.41, 5.74) is 0.736. The average Bonchev–Trinajstić information content (AvgIpc) is 2.85. The van der Waals surface area contributed by atoms with Crippen LogP contribution in [0.2, 0.25) is 0 Å². The maximum Gasteiger partial charge on any atom is 0.185 e. The fraction of sp³-hybridized carbons (Fsp3) is 0.182. The van der Waals surface area contributed by atoms with Crippen molar-refractivity contribution in [3.8, 4) is 0 Å². The normalized spacial score (nSPS) is 12.5. The first-order valence-electron chi connectivity index (χ1n) is 4.98. The molecule has 0 aliphatic rings. The summed E-state index contributed by atoms with van der Waals surface area (Å²) < 4.78 is 52.7. The molecular formula is C11H8F4N2S. The summed E-state index contributed by atoms with van der Waals surface area (Å²) in [5, 5.41) is 2.40. The van der Waals surface area contributed by atoms with Crippen LogP contribution in [0.4, 0.5) is 23.2 Å². The van der Waals surface area contributed by atoms with Crippen LogP contribution >= 0.6 is 11.3 Å². The van der Waals surface area contributed by atoms with Crippen molar-refractivity contribution in [2.24, 2.45) is 0 Å². The number of nitrogens with one attached hydrogen (secondary N) is 1. The number of hydrogen-bond acceptors (Lipinski definition) is 3. The Morgan fingerprint density at radius 2 is 1.78 bits per heavy atom. The number of hydrogen-bond donors (Lipinski definition) is 1. The molecule has 1 heterocycles. The summed E-state index contributed by atoms with van der Waals surface area (Å²) in [6, 6.07) is -0.338. The number of anilines is 1. The molecule has 0 saturated carbocycles. The van der Waals surface area contributed by atoms with Gasteiger partial charge in [-0.3, -0.25) is 4.98 Å². The molecule has 0 amide bonds. The van der Waals surface area contributed by atoms with Crippen LogP contribution < -0.4 is 5.32 Å². The van der Waals surface area contributed by atoms with Gasteiger partial charge in [-0.2, -0.15) is 0 Å². The highest BCUT2D eigenvalue weighted by molar-refractivity contribution is 7.09. The molecule has 0 aliphatic heterocycles. The molecule has 1 unspecified atom stereocenters. The molecule has 1 aromatic carbocycles. The summed E-state index contributed by atoms with van der Waals surface area (Å²) in [6.45, 7) is 1.61. The van der Waals surface area contributed by atoms with E-state index < -0.39 is 35.0 Å². The van der Waals surface area contributed by atoms with E-state index in [-0.39, 0.29) is 6.07 Å². The molecule has 0 radical (unpaired) electrons. The summed E-state index contributed by atoms with van der Waals surface area (Å²) in [4.78, 5) is 4.50. The van der Waals surface area contributed by atoms with Crippen molar-refractivity contribution in [2.75, 3.05) is 5.32 Å². The number of thiazole rings is 1. The molecule has 0 bridgehead atoms. The number of aromatic nitrogens is 1. The van der Waals surface area contributed by atoms with Gasteiger partial charge in [0.1, 0.15) is 5.69 Å². The van der Waals surface area contributed by atoms with Crippen molar-refractivity contribution in [3.05, 3.63) is 45.9 Å². The molecule has 0 saturated heterocycles. The van der Waals surface area contributed by atoms with E-state index in [1.165, 1.54) is 17.5 Å². The van der Waals surface area contributed by atoms with Crippen molar-refractivity contribution in [1.29, 1.82) is 0 Å². The van der Waals surface area contributed by atoms with Gasteiger partial charge in [0.05, 0.1) is 11.6 Å². The Morgan fingerprint density at radius 3 is 2.28 bits per heavy atom. The first-order chi connectivity index (χ1) is 8.50. The molecule has 96 valence electrons. The van der Waals surface area contributed by atoms with Crippen LogP contribution in [0.25, 0.3) is 0 Å². The Morgan fingerprint density at radius 1 is 1.17 bits per heavy atom. The highest BCUT2D eigenvalue weighted by atomic mass is 32.1. The Balaban J connectivity index is 2.34. The molecule has 2 nitrogen and oxygen atoms in total. The van der Waals surface area contributed by atoms with Crippen molar-refractivity contribution in [2.45, 2.75) is 13.0 Å². The predicted octanol–water partition coefficient (Wildman–Crippen LogP) is 3.87. The van der Waals surface area contributed by atoms with Gasteiger partial charge in [0.25, 0.3) is 0 Å². The highest BCUT2D eigenvalue weighted by Crippen LogP contribution is 2.28. The summed E-state index contributed by atoms with van der Waals surface area (Å²) in [6.07, 6.45) is 1.51. The van der Waals surface area contributed by atoms with E-state index in [1.807, 2.05) is 0 Å². The van der Waals surface area contributed by atoms with Gasteiger partial charge in [-0.25, -0.2) is 17.6 Å². The number of rotatable bonds is 3. The zero-order chi connectivity index (χ0) is 13.3. The molecule has 2 aromatic rings. The third-order valence-electron chi connectivity index (χ3n) is 2.35. The van der Waals surface area contributed by atoms with Gasteiger partial charge in [0.15, 0.2) is 23.3 Å². The second-order valence-corrected chi connectivity index (χ2v) is 4.53. The standard InChI is InChI=1S/C11H8F4N2S/c1-5(8-3-16-4-18-8)17-11-9(14)6(12)2-7(13)10(11)15/h2-5,17H,1H3. The molecule has 7 heteroatoms. The third kappa shape index (κ3) is 2.31. The fourth-order valence-corrected chi connectivity index (χ4v) is 2.06. The lowest BCUT2D eigenvalue weighted by molar-refractivity contribution is 0.457. The molecule has 1 atom stereocenters. The molecule has 0 spiro atoms. The predicted molar refractivity (Wildman–Crippen MR) is 60.4 cm³/mol. The maximum atomic E-state index is 13.4. The second-order valence-electron chi connectivity index (χ2n) is 3.61. The van der Waals surface area contributed by atoms with E-state index >= 15 is 0 Å². The molecule has 1 N–H and O–H groups in total. The quantitative estimate of drug-likeness (QED) is 0.680. The lowest BCUT2D eigenvalue weighted by Gasteiger charge is -2.15. The van der Waals surface area contributed by atoms with Gasteiger partial charge >= 0.3 is 0 Å². The minimum atomic E-state index is -1.44. The van der Waals surface area contributed by atoms with E-state index in [4.69, 9.17) is 0 Å². The van der Waals surface area contributed by atoms with Crippen LogP contribution in [0, 0.1) is 23.3 Å². The first kappa shape index (κ1) is 12.8. The van der Waals surface area contributed by atoms with Crippen molar-refractivity contribution < 1.29 is 17.6 Å². The average molecular weight is 276 g/mol. The summed E-state index contributed by atoms with van der Waals surface area (Å²) in [5.74, 6) is -5.75. The topological polar surface area (TPSA) is 24.9 Å². The molecule has 2 rings (SSSR count). The van der Waals surface area contributed by atoms with Gasteiger partial charge in [-0.05, 0) is 6.92 Å². The molecule has 18 heavy (non-hydrogen) atoms. The SMILES string of the molecule is CC(Nc1c(F)c(F)cc(F)c1F)c1cncs1. The highest BCUT2D eigenvalue weighted by Gasteiger charge is 2.21. The van der Waals surface area contributed by atoms with Gasteiger partial charge in [-0.1, -0.05) is 0 Å². The number of halogens is 4. The zero-order valence-electron chi connectivity index (χ0n) is 9.18. The number of nitrogens with zero attached hydrogens (tertiary/aromatic N) is 1. The third-order valence-corrected chi connectivity index (χ3v) is 3.31. The Labute approximate surface area is 104 Å². The smallest absolute Gasteiger partial charge is 0.185 e. The van der Waals surface area contributed by atoms with E-state index in [0.29, 0.717) is 4.88 Å². The molecule has 0 aliphatic carbocycles. The first-order valence-corrected chi connectivity index (χ1v) is 5.86. The van der Waals surface area contributed by atoms with Gasteiger partial charge in [-0.15, -0.1) is 11.3 Å². The van der Waals surface area contributed by atoms with Crippen LogP contribution in [0.1, 0.15) is 17.8 Å². The van der Waals surface area contributed by atoms with Crippen LogP contribution in [0.5, 0.6) is 0 Å². The lowest BCUT2D eigenvalue weighted by atomic mass is 10.2. The van der Waals surface area contributed by atoms with Crippen LogP contribution in [-0.2, 0) is 0 Å². The summed E-state index contributed by atoms with van der Waals surface area (Å²) >= 11 is 1.26. The minimum absolute atomic E-state index is 0.174. The van der Waals surface area contributed by atoms with Crippen molar-refractivity contribution in [3.63, 3.8) is 0 Å². The molecular weight excluding hydrogens is 268 g/mol. The van der Waals surface area contributed by atoms with E-state index in [1.54, 1.807) is 12.4 Å². The van der Waals surface area contributed by atoms with Gasteiger partial charge in [0, 0.05) is 17.1 Å². The van der Waals surface area contributed by atoms with Crippen LogP contribution in [-0.4, -0.2) is 4.98 Å². The Bertz CT molecular complexity index is 530. The second kappa shape index (κ2) is 4.93. The molecule has 0 fully saturated rings. The monoisotopic (exact) mass is 276 g/mol. The van der Waals surface area contributed by atoms with E-state index in [2.05, 4.69) is 10.3 Å². The largest absolute Gasteiger partial charge is 0.373 e. The van der Waals surface area contributed by atoms with Crippen LogP contribution in [0.3, 0.4) is 0 Å². The minimum Gasteiger partial charge on any atom is -0.373 e. The summed E-state index contributed by atoms with van der Waals surface area (Å²) in [7, 11) is 0. The Hall–Kier alpha value is -1.63. The Kier molecular flexibility index (Phi) is 3.51. The van der Waals surface area contributed by atoms with Crippen molar-refractivity contribution in [1.82, 2.24) is 4.98 Å². The maximum absolute atomic E-state index is 13.4. The van der Waals surface area contributed by atoms with E-state index in [9.17, 15) is 17.6 Å². The van der Waals surface area contributed by atoms with Crippen LogP contribution in [0.15, 0.2) is 17.8 Å². The lowest BCUT2D eigenvalue weighted by Crippen LogP contribution is -2.10. The fourth-order valence-electron chi connectivity index (χ4n) is 1.43. The van der Waals surface area contributed by atoms with Gasteiger partial charge in [0.2, 0.25) is 0 Å². The zero-order valence-corrected chi connectivity index (χ0v) is 9.99. The molecule has 1 aromatic heterocycles. The van der Waals surface area contributed by atoms with Gasteiger partial charge < -0.3 is 5.32 Å². The number of benzene rings is 1. The van der Waals surface area contributed by atoms with E-state index in [0.717, 1.165) is 0 Å².